The van der Waals surface area contributed by atoms with Crippen molar-refractivity contribution in [1.82, 2.24) is 4.31 Å². The Balaban J connectivity index is 1.71. The fourth-order valence-corrected chi connectivity index (χ4v) is 3.20. The van der Waals surface area contributed by atoms with Gasteiger partial charge in [0, 0.05) is 18.3 Å². The molecule has 0 aromatic heterocycles. The van der Waals surface area contributed by atoms with Gasteiger partial charge in [0.25, 0.3) is 0 Å². The lowest BCUT2D eigenvalue weighted by atomic mass is 10.2. The lowest BCUT2D eigenvalue weighted by molar-refractivity contribution is -0.116. The molecule has 1 amide bonds. The number of hydrogen-bond acceptors (Lipinski definition) is 5. The summed E-state index contributed by atoms with van der Waals surface area (Å²) >= 11 is 0. The van der Waals surface area contributed by atoms with Crippen LogP contribution in [0.25, 0.3) is 0 Å². The van der Waals surface area contributed by atoms with Crippen molar-refractivity contribution in [3.63, 3.8) is 0 Å². The van der Waals surface area contributed by atoms with E-state index in [2.05, 4.69) is 5.32 Å². The van der Waals surface area contributed by atoms with Gasteiger partial charge in [-0.2, -0.15) is 4.31 Å². The molecule has 0 saturated carbocycles. The molecule has 27 heavy (non-hydrogen) atoms. The third-order valence-electron chi connectivity index (χ3n) is 3.79. The van der Waals surface area contributed by atoms with Crippen molar-refractivity contribution in [2.45, 2.75) is 6.54 Å². The van der Waals surface area contributed by atoms with Gasteiger partial charge in [0.15, 0.2) is 23.1 Å². The van der Waals surface area contributed by atoms with E-state index in [0.29, 0.717) is 17.1 Å². The Morgan fingerprint density at radius 3 is 2.56 bits per heavy atom. The molecule has 1 N–H and O–H groups in total. The molecule has 0 fully saturated rings. The predicted octanol–water partition coefficient (Wildman–Crippen LogP) is 2.09. The van der Waals surface area contributed by atoms with Crippen LogP contribution in [0, 0.1) is 11.6 Å². The summed E-state index contributed by atoms with van der Waals surface area (Å²) in [5.41, 5.74) is 0.626. The zero-order chi connectivity index (χ0) is 19.6. The van der Waals surface area contributed by atoms with Crippen LogP contribution in [0.3, 0.4) is 0 Å². The highest BCUT2D eigenvalue weighted by Crippen LogP contribution is 2.33. The molecule has 1 aliphatic rings. The Kier molecular flexibility index (Phi) is 5.29. The first-order chi connectivity index (χ1) is 12.7. The van der Waals surface area contributed by atoms with Gasteiger partial charge >= 0.3 is 0 Å². The summed E-state index contributed by atoms with van der Waals surface area (Å²) in [5, 5.41) is 2.34. The van der Waals surface area contributed by atoms with Gasteiger partial charge in [0.05, 0.1) is 12.8 Å². The summed E-state index contributed by atoms with van der Waals surface area (Å²) in [6.07, 6.45) is 0.977. The number of carbonyl (C=O) groups excluding carboxylic acids is 1. The third kappa shape index (κ3) is 4.72. The van der Waals surface area contributed by atoms with Gasteiger partial charge in [0.2, 0.25) is 22.7 Å². The molecule has 7 nitrogen and oxygen atoms in total. The molecular weight excluding hydrogens is 382 g/mol. The van der Waals surface area contributed by atoms with E-state index in [1.54, 1.807) is 18.2 Å². The lowest BCUT2D eigenvalue weighted by Gasteiger charge is -2.20. The number of halogens is 2. The average Bonchev–Trinajstić information content (AvgIpc) is 3.04. The second-order valence-electron chi connectivity index (χ2n) is 5.90. The van der Waals surface area contributed by atoms with Crippen molar-refractivity contribution < 1.29 is 31.5 Å². The lowest BCUT2D eigenvalue weighted by Crippen LogP contribution is -2.36. The number of ether oxygens (including phenoxy) is 2. The number of rotatable bonds is 6. The van der Waals surface area contributed by atoms with Crippen LogP contribution in [0.2, 0.25) is 0 Å². The molecule has 0 unspecified atom stereocenters. The number of hydrogen-bond donors (Lipinski definition) is 1. The van der Waals surface area contributed by atoms with Crippen LogP contribution >= 0.6 is 0 Å². The molecule has 3 rings (SSSR count). The normalized spacial score (nSPS) is 13.0. The molecule has 0 bridgehead atoms. The van der Waals surface area contributed by atoms with E-state index in [4.69, 9.17) is 9.47 Å². The average molecular weight is 398 g/mol. The van der Waals surface area contributed by atoms with Crippen LogP contribution in [-0.2, 0) is 21.4 Å². The molecule has 1 aliphatic heterocycles. The van der Waals surface area contributed by atoms with Crippen LogP contribution in [0.1, 0.15) is 5.56 Å². The predicted molar refractivity (Wildman–Crippen MR) is 92.8 cm³/mol. The van der Waals surface area contributed by atoms with E-state index in [-0.39, 0.29) is 19.0 Å². The summed E-state index contributed by atoms with van der Waals surface area (Å²) in [6, 6.07) is 7.81. The number of nitrogens with zero attached hydrogens (tertiary/aromatic N) is 1. The second kappa shape index (κ2) is 7.49. The third-order valence-corrected chi connectivity index (χ3v) is 4.98. The number of nitrogens with one attached hydrogen (secondary N) is 1. The number of sulfonamides is 1. The monoisotopic (exact) mass is 398 g/mol. The van der Waals surface area contributed by atoms with Crippen molar-refractivity contribution in [1.29, 1.82) is 0 Å². The maximum absolute atomic E-state index is 13.2. The van der Waals surface area contributed by atoms with Gasteiger partial charge < -0.3 is 14.8 Å². The molecule has 2 aromatic rings. The summed E-state index contributed by atoms with van der Waals surface area (Å²) in [4.78, 5) is 12.2. The van der Waals surface area contributed by atoms with E-state index in [1.807, 2.05) is 0 Å². The Hall–Kier alpha value is -2.72. The molecule has 0 atom stereocenters. The number of amides is 1. The Morgan fingerprint density at radius 1 is 1.11 bits per heavy atom. The maximum Gasteiger partial charge on any atom is 0.239 e. The first kappa shape index (κ1) is 19.1. The van der Waals surface area contributed by atoms with E-state index in [9.17, 15) is 22.0 Å². The summed E-state index contributed by atoms with van der Waals surface area (Å²) in [6.45, 7) is -0.474. The number of benzene rings is 2. The molecule has 144 valence electrons. The van der Waals surface area contributed by atoms with Crippen LogP contribution in [-0.4, -0.2) is 38.2 Å². The molecule has 0 saturated heterocycles. The quantitative estimate of drug-likeness (QED) is 0.806. The topological polar surface area (TPSA) is 84.9 Å². The molecule has 0 spiro atoms. The highest BCUT2D eigenvalue weighted by Gasteiger charge is 2.22. The summed E-state index contributed by atoms with van der Waals surface area (Å²) in [5.74, 6) is -1.80. The van der Waals surface area contributed by atoms with Gasteiger partial charge in [-0.05, 0) is 29.8 Å². The minimum Gasteiger partial charge on any atom is -0.454 e. The van der Waals surface area contributed by atoms with Gasteiger partial charge in [0.1, 0.15) is 0 Å². The van der Waals surface area contributed by atoms with Crippen LogP contribution in [0.5, 0.6) is 11.5 Å². The minimum atomic E-state index is -3.71. The maximum atomic E-state index is 13.2. The van der Waals surface area contributed by atoms with E-state index in [0.717, 1.165) is 22.7 Å². The van der Waals surface area contributed by atoms with Crippen molar-refractivity contribution in [2.75, 3.05) is 24.9 Å². The van der Waals surface area contributed by atoms with Gasteiger partial charge in [-0.25, -0.2) is 17.2 Å². The minimum absolute atomic E-state index is 0.0235. The van der Waals surface area contributed by atoms with Crippen LogP contribution < -0.4 is 14.8 Å². The fourth-order valence-electron chi connectivity index (χ4n) is 2.47. The van der Waals surface area contributed by atoms with Gasteiger partial charge in [-0.1, -0.05) is 6.07 Å². The van der Waals surface area contributed by atoms with Crippen molar-refractivity contribution in [3.8, 4) is 11.5 Å². The van der Waals surface area contributed by atoms with Crippen LogP contribution in [0.15, 0.2) is 36.4 Å². The first-order valence-corrected chi connectivity index (χ1v) is 9.66. The largest absolute Gasteiger partial charge is 0.454 e. The van der Waals surface area contributed by atoms with Gasteiger partial charge in [-0.15, -0.1) is 0 Å². The zero-order valence-electron chi connectivity index (χ0n) is 14.2. The van der Waals surface area contributed by atoms with Gasteiger partial charge in [-0.3, -0.25) is 4.79 Å². The summed E-state index contributed by atoms with van der Waals surface area (Å²) in [7, 11) is -3.71. The smallest absolute Gasteiger partial charge is 0.239 e. The summed E-state index contributed by atoms with van der Waals surface area (Å²) < 4.78 is 61.7. The molecule has 0 radical (unpaired) electrons. The Labute approximate surface area is 154 Å². The Morgan fingerprint density at radius 2 is 1.85 bits per heavy atom. The number of anilines is 1. The number of carbonyl (C=O) groups is 1. The van der Waals surface area contributed by atoms with E-state index in [1.165, 1.54) is 6.07 Å². The van der Waals surface area contributed by atoms with E-state index < -0.39 is 34.1 Å². The molecular formula is C17H16F2N2O5S. The Bertz CT molecular complexity index is 981. The van der Waals surface area contributed by atoms with Crippen LogP contribution in [0.4, 0.5) is 14.5 Å². The highest BCUT2D eigenvalue weighted by atomic mass is 32.2. The van der Waals surface area contributed by atoms with Crippen molar-refractivity contribution in [2.24, 2.45) is 0 Å². The molecule has 1 heterocycles. The zero-order valence-corrected chi connectivity index (χ0v) is 15.1. The fraction of sp³-hybridized carbons (Fsp3) is 0.235. The van der Waals surface area contributed by atoms with Crippen molar-refractivity contribution in [3.05, 3.63) is 53.6 Å². The molecule has 0 aliphatic carbocycles. The molecule has 10 heteroatoms. The highest BCUT2D eigenvalue weighted by molar-refractivity contribution is 7.88. The van der Waals surface area contributed by atoms with E-state index >= 15 is 0 Å². The molecule has 2 aromatic carbocycles. The standard InChI is InChI=1S/C17H16F2N2O5S/c1-27(23,24)21(8-11-2-5-15-16(6-11)26-10-25-15)9-17(22)20-12-3-4-13(18)14(19)7-12/h2-7H,8-10H2,1H3,(H,20,22). The second-order valence-corrected chi connectivity index (χ2v) is 7.88. The number of fused-ring (bicyclic) bond motifs is 1. The first-order valence-electron chi connectivity index (χ1n) is 7.81. The van der Waals surface area contributed by atoms with Crippen molar-refractivity contribution >= 4 is 21.6 Å². The SMILES string of the molecule is CS(=O)(=O)N(CC(=O)Nc1ccc(F)c(F)c1)Cc1ccc2c(c1)OCO2.